The van der Waals surface area contributed by atoms with Crippen molar-refractivity contribution in [2.45, 2.75) is 51.6 Å². The molecule has 1 aliphatic heterocycles. The van der Waals surface area contributed by atoms with E-state index in [1.807, 2.05) is 0 Å². The van der Waals surface area contributed by atoms with Crippen LogP contribution in [-0.2, 0) is 4.74 Å². The molecule has 100 valence electrons. The fourth-order valence-electron chi connectivity index (χ4n) is 3.99. The van der Waals surface area contributed by atoms with Crippen LogP contribution in [0.2, 0.25) is 0 Å². The lowest BCUT2D eigenvalue weighted by atomic mass is 9.56. The Morgan fingerprint density at radius 2 is 1.88 bits per heavy atom. The van der Waals surface area contributed by atoms with Crippen LogP contribution in [0.15, 0.2) is 0 Å². The molecule has 17 heavy (non-hydrogen) atoms. The van der Waals surface area contributed by atoms with Crippen LogP contribution in [0.5, 0.6) is 0 Å². The van der Waals surface area contributed by atoms with Crippen molar-refractivity contribution in [3.63, 3.8) is 0 Å². The molecule has 1 aliphatic carbocycles. The Labute approximate surface area is 105 Å². The van der Waals surface area contributed by atoms with Crippen molar-refractivity contribution >= 4 is 0 Å². The summed E-state index contributed by atoms with van der Waals surface area (Å²) in [6.45, 7) is 6.58. The van der Waals surface area contributed by atoms with E-state index in [1.54, 1.807) is 0 Å². The van der Waals surface area contributed by atoms with Gasteiger partial charge in [0.05, 0.1) is 5.60 Å². The number of hydrogen-bond donors (Lipinski definition) is 2. The maximum absolute atomic E-state index is 11.2. The van der Waals surface area contributed by atoms with E-state index < -0.39 is 5.60 Å². The normalized spacial score (nSPS) is 42.4. The third-order valence-electron chi connectivity index (χ3n) is 5.35. The lowest BCUT2D eigenvalue weighted by Crippen LogP contribution is -2.60. The summed E-state index contributed by atoms with van der Waals surface area (Å²) in [7, 11) is 0. The van der Waals surface area contributed by atoms with Crippen LogP contribution in [0, 0.1) is 17.3 Å². The van der Waals surface area contributed by atoms with Gasteiger partial charge >= 0.3 is 0 Å². The summed E-state index contributed by atoms with van der Waals surface area (Å²) in [5.74, 6) is 1.09. The van der Waals surface area contributed by atoms with E-state index in [4.69, 9.17) is 10.5 Å². The van der Waals surface area contributed by atoms with E-state index in [0.717, 1.165) is 51.2 Å². The Bertz CT molecular complexity index is 263. The van der Waals surface area contributed by atoms with Gasteiger partial charge in [-0.1, -0.05) is 13.8 Å². The van der Waals surface area contributed by atoms with Crippen LogP contribution in [-0.4, -0.2) is 30.5 Å². The molecule has 0 amide bonds. The Kier molecular flexibility index (Phi) is 3.81. The fourth-order valence-corrected chi connectivity index (χ4v) is 3.99. The van der Waals surface area contributed by atoms with Crippen molar-refractivity contribution in [3.05, 3.63) is 0 Å². The molecule has 0 radical (unpaired) electrons. The maximum atomic E-state index is 11.2. The second-order valence-electron chi connectivity index (χ2n) is 6.30. The van der Waals surface area contributed by atoms with Crippen LogP contribution in [0.4, 0.5) is 0 Å². The van der Waals surface area contributed by atoms with E-state index in [-0.39, 0.29) is 5.41 Å². The van der Waals surface area contributed by atoms with Crippen LogP contribution in [0.3, 0.4) is 0 Å². The van der Waals surface area contributed by atoms with Crippen LogP contribution < -0.4 is 5.73 Å². The molecule has 2 rings (SSSR count). The Hall–Kier alpha value is -0.120. The summed E-state index contributed by atoms with van der Waals surface area (Å²) in [5.41, 5.74) is 5.36. The minimum atomic E-state index is -0.571. The first-order chi connectivity index (χ1) is 8.04. The van der Waals surface area contributed by atoms with Crippen LogP contribution in [0.1, 0.15) is 46.0 Å². The molecule has 0 aromatic rings. The predicted molar refractivity (Wildman–Crippen MR) is 68.7 cm³/mol. The first kappa shape index (κ1) is 13.3. The maximum Gasteiger partial charge on any atom is 0.0743 e. The third-order valence-corrected chi connectivity index (χ3v) is 5.35. The SMILES string of the molecule is CC1CCC(O)(C2(CN)CCOCC2)C(C)C1. The van der Waals surface area contributed by atoms with Crippen LogP contribution in [0.25, 0.3) is 0 Å². The minimum absolute atomic E-state index is 0.106. The zero-order valence-electron chi connectivity index (χ0n) is 11.2. The first-order valence-corrected chi connectivity index (χ1v) is 7.04. The molecule has 0 bridgehead atoms. The largest absolute Gasteiger partial charge is 0.389 e. The molecule has 3 nitrogen and oxygen atoms in total. The molecule has 2 fully saturated rings. The second-order valence-corrected chi connectivity index (χ2v) is 6.30. The topological polar surface area (TPSA) is 55.5 Å². The highest BCUT2D eigenvalue weighted by molar-refractivity contribution is 5.05. The standard InChI is InChI=1S/C14H27NO2/c1-11-3-4-14(16,12(2)9-11)13(10-15)5-7-17-8-6-13/h11-12,16H,3-10,15H2,1-2H3. The van der Waals surface area contributed by atoms with Gasteiger partial charge in [-0.2, -0.15) is 0 Å². The third kappa shape index (κ3) is 2.13. The highest BCUT2D eigenvalue weighted by atomic mass is 16.5. The van der Waals surface area contributed by atoms with E-state index in [9.17, 15) is 5.11 Å². The van der Waals surface area contributed by atoms with Crippen molar-refractivity contribution in [3.8, 4) is 0 Å². The van der Waals surface area contributed by atoms with E-state index in [0.29, 0.717) is 12.5 Å². The van der Waals surface area contributed by atoms with Gasteiger partial charge in [-0.25, -0.2) is 0 Å². The summed E-state index contributed by atoms with van der Waals surface area (Å²) in [6.07, 6.45) is 4.99. The van der Waals surface area contributed by atoms with E-state index in [2.05, 4.69) is 13.8 Å². The molecular formula is C14H27NO2. The number of nitrogens with two attached hydrogens (primary N) is 1. The van der Waals surface area contributed by atoms with E-state index in [1.165, 1.54) is 0 Å². The molecule has 3 unspecified atom stereocenters. The molecule has 1 heterocycles. The van der Waals surface area contributed by atoms with Crippen molar-refractivity contribution in [2.75, 3.05) is 19.8 Å². The highest BCUT2D eigenvalue weighted by Crippen LogP contribution is 2.51. The van der Waals surface area contributed by atoms with Gasteiger partial charge in [-0.05, 0) is 43.9 Å². The van der Waals surface area contributed by atoms with E-state index >= 15 is 0 Å². The lowest BCUT2D eigenvalue weighted by molar-refractivity contribution is -0.177. The molecule has 0 aromatic carbocycles. The molecule has 0 spiro atoms. The molecule has 0 aromatic heterocycles. The monoisotopic (exact) mass is 241 g/mol. The van der Waals surface area contributed by atoms with Gasteiger partial charge in [0.25, 0.3) is 0 Å². The Balaban J connectivity index is 2.22. The van der Waals surface area contributed by atoms with Crippen molar-refractivity contribution < 1.29 is 9.84 Å². The van der Waals surface area contributed by atoms with Crippen molar-refractivity contribution in [1.29, 1.82) is 0 Å². The molecule has 3 atom stereocenters. The van der Waals surface area contributed by atoms with Gasteiger partial charge in [0.15, 0.2) is 0 Å². The quantitative estimate of drug-likeness (QED) is 0.776. The summed E-state index contributed by atoms with van der Waals surface area (Å²) in [4.78, 5) is 0. The average molecular weight is 241 g/mol. The second kappa shape index (κ2) is 4.87. The van der Waals surface area contributed by atoms with Crippen molar-refractivity contribution in [2.24, 2.45) is 23.0 Å². The number of aliphatic hydroxyl groups is 1. The number of rotatable bonds is 2. The summed E-state index contributed by atoms with van der Waals surface area (Å²) in [6, 6.07) is 0. The van der Waals surface area contributed by atoms with Gasteiger partial charge in [0.1, 0.15) is 0 Å². The molecule has 1 saturated carbocycles. The van der Waals surface area contributed by atoms with Gasteiger partial charge < -0.3 is 15.6 Å². The molecule has 3 N–H and O–H groups in total. The molecule has 1 saturated heterocycles. The molecule has 2 aliphatic rings. The lowest BCUT2D eigenvalue weighted by Gasteiger charge is -2.55. The molecule has 3 heteroatoms. The summed E-state index contributed by atoms with van der Waals surface area (Å²) >= 11 is 0. The zero-order chi connectivity index (χ0) is 12.5. The zero-order valence-corrected chi connectivity index (χ0v) is 11.2. The van der Waals surface area contributed by atoms with Gasteiger partial charge in [-0.15, -0.1) is 0 Å². The average Bonchev–Trinajstić information content (AvgIpc) is 2.35. The Morgan fingerprint density at radius 3 is 2.41 bits per heavy atom. The smallest absolute Gasteiger partial charge is 0.0743 e. The minimum Gasteiger partial charge on any atom is -0.389 e. The Morgan fingerprint density at radius 1 is 1.24 bits per heavy atom. The highest BCUT2D eigenvalue weighted by Gasteiger charge is 2.54. The van der Waals surface area contributed by atoms with Gasteiger partial charge in [0, 0.05) is 25.2 Å². The predicted octanol–water partition coefficient (Wildman–Crippen LogP) is 1.93. The van der Waals surface area contributed by atoms with Gasteiger partial charge in [-0.3, -0.25) is 0 Å². The first-order valence-electron chi connectivity index (χ1n) is 7.04. The fraction of sp³-hybridized carbons (Fsp3) is 1.00. The van der Waals surface area contributed by atoms with Crippen molar-refractivity contribution in [1.82, 2.24) is 0 Å². The number of ether oxygens (including phenoxy) is 1. The summed E-state index contributed by atoms with van der Waals surface area (Å²) in [5, 5.41) is 11.2. The summed E-state index contributed by atoms with van der Waals surface area (Å²) < 4.78 is 5.45. The molecular weight excluding hydrogens is 214 g/mol. The van der Waals surface area contributed by atoms with Gasteiger partial charge in [0.2, 0.25) is 0 Å². The van der Waals surface area contributed by atoms with Crippen LogP contribution >= 0.6 is 0 Å². The number of hydrogen-bond acceptors (Lipinski definition) is 3.